The molecule has 0 bridgehead atoms. The number of hydrogen-bond donors (Lipinski definition) is 0. The molecule has 0 aromatic heterocycles. The zero-order valence-electron chi connectivity index (χ0n) is 24.5. The molecule has 0 spiro atoms. The SMILES string of the molecule is CN(CCOCCOCCOCCOCCOCCOCCOCC(=O)OC(C)(C)C)C(=O)OC(C)(C)C. The summed E-state index contributed by atoms with van der Waals surface area (Å²) in [5.41, 5.74) is -1.02. The molecule has 0 unspecified atom stereocenters. The Balaban J connectivity index is 3.25. The molecule has 0 saturated carbocycles. The highest BCUT2D eigenvalue weighted by Crippen LogP contribution is 2.09. The van der Waals surface area contributed by atoms with Crippen LogP contribution in [-0.2, 0) is 47.4 Å². The van der Waals surface area contributed by atoms with Crippen LogP contribution in [0, 0.1) is 0 Å². The molecule has 0 radical (unpaired) electrons. The van der Waals surface area contributed by atoms with Gasteiger partial charge in [-0.05, 0) is 41.5 Å². The molecule has 0 rings (SSSR count). The molecule has 0 heterocycles. The molecule has 0 saturated heterocycles. The lowest BCUT2D eigenvalue weighted by Gasteiger charge is -2.24. The van der Waals surface area contributed by atoms with Crippen LogP contribution >= 0.6 is 0 Å². The van der Waals surface area contributed by atoms with E-state index in [1.54, 1.807) is 7.05 Å². The van der Waals surface area contributed by atoms with Gasteiger partial charge in [0.15, 0.2) is 0 Å². The Labute approximate surface area is 228 Å². The van der Waals surface area contributed by atoms with Gasteiger partial charge >= 0.3 is 12.1 Å². The molecule has 38 heavy (non-hydrogen) atoms. The molecule has 0 aliphatic heterocycles. The second kappa shape index (κ2) is 22.3. The highest BCUT2D eigenvalue weighted by molar-refractivity contribution is 5.71. The summed E-state index contributed by atoms with van der Waals surface area (Å²) >= 11 is 0. The van der Waals surface area contributed by atoms with E-state index in [1.165, 1.54) is 4.90 Å². The van der Waals surface area contributed by atoms with Crippen molar-refractivity contribution in [3.8, 4) is 0 Å². The summed E-state index contributed by atoms with van der Waals surface area (Å²) in [5, 5.41) is 0. The number of ether oxygens (including phenoxy) is 9. The summed E-state index contributed by atoms with van der Waals surface area (Å²) in [5.74, 6) is -0.389. The molecule has 0 aliphatic carbocycles. The van der Waals surface area contributed by atoms with Gasteiger partial charge in [0.05, 0.1) is 85.9 Å². The lowest BCUT2D eigenvalue weighted by molar-refractivity contribution is -0.160. The van der Waals surface area contributed by atoms with Crippen LogP contribution in [0.3, 0.4) is 0 Å². The van der Waals surface area contributed by atoms with Gasteiger partial charge in [0, 0.05) is 13.6 Å². The van der Waals surface area contributed by atoms with Crippen LogP contribution in [0.5, 0.6) is 0 Å². The van der Waals surface area contributed by atoms with E-state index in [4.69, 9.17) is 42.6 Å². The molecule has 12 nitrogen and oxygen atoms in total. The molecular formula is C26H51NO11. The Hall–Kier alpha value is -1.54. The van der Waals surface area contributed by atoms with Crippen molar-refractivity contribution in [3.05, 3.63) is 0 Å². The minimum atomic E-state index is -0.511. The van der Waals surface area contributed by atoms with E-state index in [-0.39, 0.29) is 18.7 Å². The van der Waals surface area contributed by atoms with E-state index in [0.29, 0.717) is 92.4 Å². The van der Waals surface area contributed by atoms with Gasteiger partial charge in [-0.25, -0.2) is 9.59 Å². The highest BCUT2D eigenvalue weighted by atomic mass is 16.6. The van der Waals surface area contributed by atoms with E-state index in [2.05, 4.69) is 0 Å². The number of carbonyl (C=O) groups is 2. The third-order valence-electron chi connectivity index (χ3n) is 4.15. The van der Waals surface area contributed by atoms with Crippen molar-refractivity contribution in [2.75, 3.05) is 106 Å². The van der Waals surface area contributed by atoms with Crippen molar-refractivity contribution in [1.82, 2.24) is 4.90 Å². The predicted octanol–water partition coefficient (Wildman–Crippen LogP) is 2.31. The van der Waals surface area contributed by atoms with Gasteiger partial charge in [0.1, 0.15) is 17.8 Å². The fourth-order valence-electron chi connectivity index (χ4n) is 2.48. The van der Waals surface area contributed by atoms with E-state index in [0.717, 1.165) is 0 Å². The topological polar surface area (TPSA) is 120 Å². The van der Waals surface area contributed by atoms with E-state index in [9.17, 15) is 9.59 Å². The summed E-state index contributed by atoms with van der Waals surface area (Å²) in [6.07, 6.45) is -0.368. The molecule has 0 aliphatic rings. The molecule has 1 amide bonds. The van der Waals surface area contributed by atoms with E-state index in [1.807, 2.05) is 41.5 Å². The molecule has 0 aromatic carbocycles. The monoisotopic (exact) mass is 553 g/mol. The van der Waals surface area contributed by atoms with Crippen LogP contribution in [0.25, 0.3) is 0 Å². The van der Waals surface area contributed by atoms with Gasteiger partial charge in [-0.3, -0.25) is 0 Å². The fraction of sp³-hybridized carbons (Fsp3) is 0.923. The van der Waals surface area contributed by atoms with Gasteiger partial charge in [-0.1, -0.05) is 0 Å². The summed E-state index contributed by atoms with van der Waals surface area (Å²) in [6, 6.07) is 0. The van der Waals surface area contributed by atoms with Crippen LogP contribution < -0.4 is 0 Å². The van der Waals surface area contributed by atoms with Crippen LogP contribution in [0.1, 0.15) is 41.5 Å². The van der Waals surface area contributed by atoms with E-state index >= 15 is 0 Å². The third-order valence-corrected chi connectivity index (χ3v) is 4.15. The lowest BCUT2D eigenvalue weighted by Crippen LogP contribution is -2.36. The zero-order chi connectivity index (χ0) is 28.7. The first-order valence-corrected chi connectivity index (χ1v) is 13.1. The largest absolute Gasteiger partial charge is 0.458 e. The second-order valence-electron chi connectivity index (χ2n) is 10.2. The highest BCUT2D eigenvalue weighted by Gasteiger charge is 2.19. The molecule has 12 heteroatoms. The van der Waals surface area contributed by atoms with Crippen molar-refractivity contribution in [2.24, 2.45) is 0 Å². The summed E-state index contributed by atoms with van der Waals surface area (Å²) < 4.78 is 48.2. The molecule has 0 aromatic rings. The number of hydrogen-bond acceptors (Lipinski definition) is 11. The Morgan fingerprint density at radius 1 is 0.500 bits per heavy atom. The van der Waals surface area contributed by atoms with Crippen LogP contribution in [-0.4, -0.2) is 134 Å². The van der Waals surface area contributed by atoms with Gasteiger partial charge in [0.25, 0.3) is 0 Å². The van der Waals surface area contributed by atoms with Gasteiger partial charge in [-0.2, -0.15) is 0 Å². The number of likely N-dealkylation sites (N-methyl/N-ethyl adjacent to an activating group) is 1. The van der Waals surface area contributed by atoms with Crippen molar-refractivity contribution in [1.29, 1.82) is 0 Å². The number of carbonyl (C=O) groups excluding carboxylic acids is 2. The predicted molar refractivity (Wildman–Crippen MR) is 140 cm³/mol. The summed E-state index contributed by atoms with van der Waals surface area (Å²) in [4.78, 5) is 24.8. The molecule has 0 fully saturated rings. The first kappa shape index (κ1) is 36.5. The summed E-state index contributed by atoms with van der Waals surface area (Å²) in [6.45, 7) is 17.0. The fourth-order valence-corrected chi connectivity index (χ4v) is 2.48. The van der Waals surface area contributed by atoms with Crippen molar-refractivity contribution in [3.63, 3.8) is 0 Å². The third kappa shape index (κ3) is 27.5. The standard InChI is InChI=1S/C26H51NO11/c1-25(2,3)37-23(28)22-36-21-20-35-19-18-34-17-16-33-15-14-32-13-12-31-11-10-30-9-8-27(7)24(29)38-26(4,5)6/h8-22H2,1-7H3. The first-order chi connectivity index (χ1) is 17.9. The number of rotatable bonds is 23. The minimum Gasteiger partial charge on any atom is -0.458 e. The van der Waals surface area contributed by atoms with Gasteiger partial charge < -0.3 is 47.5 Å². The number of nitrogens with zero attached hydrogens (tertiary/aromatic N) is 1. The number of amides is 1. The van der Waals surface area contributed by atoms with Crippen LogP contribution in [0.4, 0.5) is 4.79 Å². The minimum absolute atomic E-state index is 0.0851. The van der Waals surface area contributed by atoms with Crippen molar-refractivity contribution < 1.29 is 52.2 Å². The Bertz CT molecular complexity index is 591. The van der Waals surface area contributed by atoms with Crippen LogP contribution in [0.2, 0.25) is 0 Å². The second-order valence-corrected chi connectivity index (χ2v) is 10.2. The average Bonchev–Trinajstić information content (AvgIpc) is 2.79. The molecule has 0 atom stereocenters. The molecule has 226 valence electrons. The van der Waals surface area contributed by atoms with Gasteiger partial charge in [-0.15, -0.1) is 0 Å². The van der Waals surface area contributed by atoms with Crippen LogP contribution in [0.15, 0.2) is 0 Å². The van der Waals surface area contributed by atoms with Crippen molar-refractivity contribution in [2.45, 2.75) is 52.7 Å². The number of esters is 1. The lowest BCUT2D eigenvalue weighted by atomic mass is 10.2. The Morgan fingerprint density at radius 2 is 0.816 bits per heavy atom. The maximum absolute atomic E-state index is 11.8. The molecule has 0 N–H and O–H groups in total. The maximum Gasteiger partial charge on any atom is 0.410 e. The average molecular weight is 554 g/mol. The maximum atomic E-state index is 11.8. The zero-order valence-corrected chi connectivity index (χ0v) is 24.5. The summed E-state index contributed by atoms with van der Waals surface area (Å²) in [7, 11) is 1.68. The Morgan fingerprint density at radius 3 is 1.16 bits per heavy atom. The normalized spacial score (nSPS) is 12.0. The smallest absolute Gasteiger partial charge is 0.410 e. The van der Waals surface area contributed by atoms with Gasteiger partial charge in [0.2, 0.25) is 0 Å². The molecular weight excluding hydrogens is 502 g/mol. The quantitative estimate of drug-likeness (QED) is 0.137. The van der Waals surface area contributed by atoms with Crippen molar-refractivity contribution >= 4 is 12.1 Å². The Kier molecular flexibility index (Phi) is 21.4. The first-order valence-electron chi connectivity index (χ1n) is 13.1. The van der Waals surface area contributed by atoms with E-state index < -0.39 is 11.2 Å².